The Labute approximate surface area is 153 Å². The SMILES string of the molecule is CC[C@H](Nc1ccc(C)cc1C)C(=O)N/N=C/c1cccc(OC)c1O. The van der Waals surface area contributed by atoms with Crippen molar-refractivity contribution >= 4 is 17.8 Å². The summed E-state index contributed by atoms with van der Waals surface area (Å²) in [5, 5.41) is 17.2. The standard InChI is InChI=1S/C20H25N3O3/c1-5-16(22-17-10-9-13(2)11-14(17)3)20(25)23-21-12-15-7-6-8-18(26-4)19(15)24/h6-12,16,22,24H,5H2,1-4H3,(H,23,25)/b21-12+/t16-/m0/s1. The molecule has 0 radical (unpaired) electrons. The number of phenols is 1. The van der Waals surface area contributed by atoms with Gasteiger partial charge >= 0.3 is 0 Å². The Kier molecular flexibility index (Phi) is 6.60. The summed E-state index contributed by atoms with van der Waals surface area (Å²) in [6.45, 7) is 5.96. The summed E-state index contributed by atoms with van der Waals surface area (Å²) in [5.41, 5.74) is 6.15. The number of carbonyl (C=O) groups is 1. The van der Waals surface area contributed by atoms with Crippen molar-refractivity contribution in [1.29, 1.82) is 0 Å². The number of amides is 1. The van der Waals surface area contributed by atoms with E-state index in [1.54, 1.807) is 18.2 Å². The van der Waals surface area contributed by atoms with Crippen LogP contribution in [0.3, 0.4) is 0 Å². The van der Waals surface area contributed by atoms with Crippen LogP contribution in [0.2, 0.25) is 0 Å². The molecule has 0 aliphatic heterocycles. The average Bonchev–Trinajstić information content (AvgIpc) is 2.62. The third-order valence-corrected chi connectivity index (χ3v) is 4.06. The molecule has 0 heterocycles. The van der Waals surface area contributed by atoms with E-state index in [0.717, 1.165) is 11.3 Å². The van der Waals surface area contributed by atoms with Crippen molar-refractivity contribution in [2.75, 3.05) is 12.4 Å². The normalized spacial score (nSPS) is 12.0. The van der Waals surface area contributed by atoms with E-state index in [1.807, 2.05) is 32.9 Å². The van der Waals surface area contributed by atoms with Gasteiger partial charge in [0.15, 0.2) is 11.5 Å². The Hall–Kier alpha value is -3.02. The molecule has 1 atom stereocenters. The van der Waals surface area contributed by atoms with Gasteiger partial charge in [-0.15, -0.1) is 0 Å². The van der Waals surface area contributed by atoms with E-state index in [9.17, 15) is 9.90 Å². The molecule has 6 heteroatoms. The maximum Gasteiger partial charge on any atom is 0.262 e. The zero-order valence-electron chi connectivity index (χ0n) is 15.5. The summed E-state index contributed by atoms with van der Waals surface area (Å²) in [4.78, 5) is 12.4. The number of aromatic hydroxyl groups is 1. The zero-order valence-corrected chi connectivity index (χ0v) is 15.5. The smallest absolute Gasteiger partial charge is 0.262 e. The summed E-state index contributed by atoms with van der Waals surface area (Å²) in [5.74, 6) is 0.0859. The largest absolute Gasteiger partial charge is 0.504 e. The molecule has 0 bridgehead atoms. The molecule has 2 aromatic carbocycles. The van der Waals surface area contributed by atoms with Crippen molar-refractivity contribution in [1.82, 2.24) is 5.43 Å². The molecule has 0 fully saturated rings. The zero-order chi connectivity index (χ0) is 19.1. The predicted octanol–water partition coefficient (Wildman–Crippen LogP) is 3.36. The molecular formula is C20H25N3O3. The van der Waals surface area contributed by atoms with E-state index in [4.69, 9.17) is 4.74 Å². The maximum absolute atomic E-state index is 12.4. The first-order valence-corrected chi connectivity index (χ1v) is 8.49. The number of para-hydroxylation sites is 1. The van der Waals surface area contributed by atoms with E-state index in [2.05, 4.69) is 21.9 Å². The quantitative estimate of drug-likeness (QED) is 0.525. The average molecular weight is 355 g/mol. The van der Waals surface area contributed by atoms with Crippen LogP contribution < -0.4 is 15.5 Å². The van der Waals surface area contributed by atoms with Crippen LogP contribution in [0.5, 0.6) is 11.5 Å². The number of hydrogen-bond acceptors (Lipinski definition) is 5. The number of hydrazone groups is 1. The highest BCUT2D eigenvalue weighted by atomic mass is 16.5. The summed E-state index contributed by atoms with van der Waals surface area (Å²) < 4.78 is 5.05. The minimum absolute atomic E-state index is 0.0200. The molecule has 1 amide bonds. The Morgan fingerprint density at radius 1 is 1.31 bits per heavy atom. The van der Waals surface area contributed by atoms with Gasteiger partial charge < -0.3 is 15.2 Å². The molecule has 6 nitrogen and oxygen atoms in total. The van der Waals surface area contributed by atoms with Gasteiger partial charge in [0.1, 0.15) is 6.04 Å². The molecule has 0 aliphatic rings. The van der Waals surface area contributed by atoms with Gasteiger partial charge in [-0.1, -0.05) is 30.7 Å². The summed E-state index contributed by atoms with van der Waals surface area (Å²) >= 11 is 0. The van der Waals surface area contributed by atoms with Crippen molar-refractivity contribution in [2.45, 2.75) is 33.2 Å². The Morgan fingerprint density at radius 2 is 2.08 bits per heavy atom. The lowest BCUT2D eigenvalue weighted by atomic mass is 10.1. The van der Waals surface area contributed by atoms with E-state index in [-0.39, 0.29) is 11.7 Å². The first-order chi connectivity index (χ1) is 12.5. The Balaban J connectivity index is 2.03. The van der Waals surface area contributed by atoms with Crippen LogP contribution >= 0.6 is 0 Å². The van der Waals surface area contributed by atoms with Crippen molar-refractivity contribution in [3.05, 3.63) is 53.1 Å². The van der Waals surface area contributed by atoms with Crippen molar-refractivity contribution in [2.24, 2.45) is 5.10 Å². The number of anilines is 1. The Bertz CT molecular complexity index is 803. The second-order valence-electron chi connectivity index (χ2n) is 6.06. The molecule has 0 unspecified atom stereocenters. The first kappa shape index (κ1) is 19.3. The van der Waals surface area contributed by atoms with Gasteiger partial charge in [-0.25, -0.2) is 5.43 Å². The number of hydrogen-bond donors (Lipinski definition) is 3. The lowest BCUT2D eigenvalue weighted by Crippen LogP contribution is -2.37. The first-order valence-electron chi connectivity index (χ1n) is 8.49. The van der Waals surface area contributed by atoms with Crippen LogP contribution in [0, 0.1) is 13.8 Å². The van der Waals surface area contributed by atoms with Gasteiger partial charge in [0.05, 0.1) is 13.3 Å². The molecule has 0 saturated heterocycles. The van der Waals surface area contributed by atoms with Crippen LogP contribution in [-0.2, 0) is 4.79 Å². The maximum atomic E-state index is 12.4. The number of benzene rings is 2. The third kappa shape index (κ3) is 4.75. The number of nitrogens with one attached hydrogen (secondary N) is 2. The Morgan fingerprint density at radius 3 is 2.73 bits per heavy atom. The van der Waals surface area contributed by atoms with Gasteiger partial charge in [-0.2, -0.15) is 5.10 Å². The van der Waals surface area contributed by atoms with Crippen molar-refractivity contribution in [3.8, 4) is 11.5 Å². The fourth-order valence-electron chi connectivity index (χ4n) is 2.57. The summed E-state index contributed by atoms with van der Waals surface area (Å²) in [6, 6.07) is 10.7. The lowest BCUT2D eigenvalue weighted by molar-refractivity contribution is -0.121. The second-order valence-corrected chi connectivity index (χ2v) is 6.06. The number of phenolic OH excluding ortho intramolecular Hbond substituents is 1. The number of aryl methyl sites for hydroxylation is 2. The molecule has 2 aromatic rings. The molecule has 3 N–H and O–H groups in total. The predicted molar refractivity (Wildman–Crippen MR) is 104 cm³/mol. The number of ether oxygens (including phenoxy) is 1. The fourth-order valence-corrected chi connectivity index (χ4v) is 2.57. The number of methoxy groups -OCH3 is 1. The molecular weight excluding hydrogens is 330 g/mol. The summed E-state index contributed by atoms with van der Waals surface area (Å²) in [6.07, 6.45) is 2.00. The van der Waals surface area contributed by atoms with Gasteiger partial charge in [-0.3, -0.25) is 4.79 Å². The van der Waals surface area contributed by atoms with E-state index in [0.29, 0.717) is 17.7 Å². The monoisotopic (exact) mass is 355 g/mol. The number of nitrogens with zero attached hydrogens (tertiary/aromatic N) is 1. The third-order valence-electron chi connectivity index (χ3n) is 4.06. The van der Waals surface area contributed by atoms with Gasteiger partial charge in [-0.05, 0) is 44.0 Å². The van der Waals surface area contributed by atoms with E-state index < -0.39 is 6.04 Å². The second kappa shape index (κ2) is 8.89. The lowest BCUT2D eigenvalue weighted by Gasteiger charge is -2.18. The van der Waals surface area contributed by atoms with Crippen LogP contribution in [0.4, 0.5) is 5.69 Å². The van der Waals surface area contributed by atoms with Gasteiger partial charge in [0, 0.05) is 11.3 Å². The minimum atomic E-state index is -0.410. The fraction of sp³-hybridized carbons (Fsp3) is 0.300. The molecule has 0 spiro atoms. The molecule has 0 aliphatic carbocycles. The van der Waals surface area contributed by atoms with E-state index >= 15 is 0 Å². The molecule has 2 rings (SSSR count). The highest BCUT2D eigenvalue weighted by Gasteiger charge is 2.16. The van der Waals surface area contributed by atoms with Crippen LogP contribution in [-0.4, -0.2) is 30.4 Å². The topological polar surface area (TPSA) is 83.0 Å². The molecule has 138 valence electrons. The number of rotatable bonds is 7. The number of carbonyl (C=O) groups excluding carboxylic acids is 1. The van der Waals surface area contributed by atoms with E-state index in [1.165, 1.54) is 18.9 Å². The van der Waals surface area contributed by atoms with Crippen LogP contribution in [0.15, 0.2) is 41.5 Å². The highest BCUT2D eigenvalue weighted by Crippen LogP contribution is 2.27. The van der Waals surface area contributed by atoms with Crippen LogP contribution in [0.25, 0.3) is 0 Å². The van der Waals surface area contributed by atoms with Crippen molar-refractivity contribution < 1.29 is 14.6 Å². The summed E-state index contributed by atoms with van der Waals surface area (Å²) in [7, 11) is 1.47. The van der Waals surface area contributed by atoms with Crippen molar-refractivity contribution in [3.63, 3.8) is 0 Å². The van der Waals surface area contributed by atoms with Crippen LogP contribution in [0.1, 0.15) is 30.0 Å². The molecule has 0 aromatic heterocycles. The molecule has 0 saturated carbocycles. The minimum Gasteiger partial charge on any atom is -0.504 e. The van der Waals surface area contributed by atoms with Gasteiger partial charge in [0.2, 0.25) is 0 Å². The molecule has 26 heavy (non-hydrogen) atoms. The van der Waals surface area contributed by atoms with Gasteiger partial charge in [0.25, 0.3) is 5.91 Å². The highest BCUT2D eigenvalue weighted by molar-refractivity contribution is 5.88.